The van der Waals surface area contributed by atoms with Gasteiger partial charge in [-0.15, -0.1) is 0 Å². The van der Waals surface area contributed by atoms with Gasteiger partial charge in [0.25, 0.3) is 0 Å². The lowest BCUT2D eigenvalue weighted by Crippen LogP contribution is -2.63. The molecule has 2 amide bonds. The number of hydrogen-bond acceptors (Lipinski definition) is 7. The predicted octanol–water partition coefficient (Wildman–Crippen LogP) is 3.11. The van der Waals surface area contributed by atoms with Gasteiger partial charge in [-0.1, -0.05) is 13.8 Å². The number of fused-ring (bicyclic) bond motifs is 2. The molecule has 2 saturated carbocycles. The molecule has 0 aromatic carbocycles. The molecular formula is C29H48N6O3. The largest absolute Gasteiger partial charge is 0.329 e. The molecule has 6 atom stereocenters. The first-order valence-electron chi connectivity index (χ1n) is 14.3. The van der Waals surface area contributed by atoms with Crippen LogP contribution in [0.2, 0.25) is 0 Å². The van der Waals surface area contributed by atoms with Gasteiger partial charge >= 0.3 is 0 Å². The molecule has 212 valence electrons. The molecule has 1 N–H and O–H groups in total. The molecule has 2 heterocycles. The summed E-state index contributed by atoms with van der Waals surface area (Å²) >= 11 is 0. The van der Waals surface area contributed by atoms with Crippen LogP contribution in [-0.2, 0) is 14.4 Å². The van der Waals surface area contributed by atoms with Gasteiger partial charge < -0.3 is 24.8 Å². The maximum absolute atomic E-state index is 12.7. The quantitative estimate of drug-likeness (QED) is 0.526. The highest BCUT2D eigenvalue weighted by molar-refractivity contribution is 5.79. The second-order valence-corrected chi connectivity index (χ2v) is 11.9. The third-order valence-corrected chi connectivity index (χ3v) is 8.91. The average molecular weight is 529 g/mol. The lowest BCUT2D eigenvalue weighted by Gasteiger charge is -2.57. The maximum atomic E-state index is 12.7. The summed E-state index contributed by atoms with van der Waals surface area (Å²) in [6.45, 7) is 11.4. The van der Waals surface area contributed by atoms with Crippen LogP contribution in [-0.4, -0.2) is 89.7 Å². The highest BCUT2D eigenvalue weighted by Gasteiger charge is 2.51. The average Bonchev–Trinajstić information content (AvgIpc) is 3.56. The number of nitriles is 2. The van der Waals surface area contributed by atoms with E-state index in [0.29, 0.717) is 12.5 Å². The number of carbonyl (C=O) groups excluding carboxylic acids is 3. The zero-order chi connectivity index (χ0) is 28.3. The Morgan fingerprint density at radius 3 is 2.32 bits per heavy atom. The van der Waals surface area contributed by atoms with E-state index < -0.39 is 0 Å². The molecule has 0 aromatic heterocycles. The summed E-state index contributed by atoms with van der Waals surface area (Å²) in [5.41, 5.74) is 0.271. The van der Waals surface area contributed by atoms with Crippen molar-refractivity contribution in [1.29, 1.82) is 10.5 Å². The standard InChI is InChI=1S/C21H36N4O.C6H8N2O.C2H4O/c1-5-24(4)20(3)11-17-9-16(2)10-21(12-17,15-20)23-14-19(26)25-8-6-7-18(25)13-22;7-4-6-2-1-3-8(6)5-9;1-2-3/h16-18,23H,5-12,14-15H2,1-4H3;5-6H,1-3H2;2H,1H3. The lowest BCUT2D eigenvalue weighted by molar-refractivity contribution is -0.131. The summed E-state index contributed by atoms with van der Waals surface area (Å²) in [5.74, 6) is 1.56. The molecule has 6 unspecified atom stereocenters. The normalized spacial score (nSPS) is 33.7. The summed E-state index contributed by atoms with van der Waals surface area (Å²) in [6.07, 6.45) is 11.1. The van der Waals surface area contributed by atoms with Gasteiger partial charge in [-0.05, 0) is 97.1 Å². The zero-order valence-corrected chi connectivity index (χ0v) is 24.1. The summed E-state index contributed by atoms with van der Waals surface area (Å²) in [7, 11) is 2.24. The molecule has 0 aromatic rings. The first kappa shape index (κ1) is 31.7. The molecule has 9 heteroatoms. The minimum absolute atomic E-state index is 0.0658. The van der Waals surface area contributed by atoms with Crippen LogP contribution in [0.5, 0.6) is 0 Å². The number of aldehydes is 1. The fourth-order valence-corrected chi connectivity index (χ4v) is 7.26. The topological polar surface area (TPSA) is 121 Å². The van der Waals surface area contributed by atoms with Crippen molar-refractivity contribution >= 4 is 18.6 Å². The third-order valence-electron chi connectivity index (χ3n) is 8.91. The van der Waals surface area contributed by atoms with Crippen LogP contribution >= 0.6 is 0 Å². The second-order valence-electron chi connectivity index (χ2n) is 11.9. The van der Waals surface area contributed by atoms with Gasteiger partial charge in [-0.3, -0.25) is 9.59 Å². The molecule has 4 fully saturated rings. The second kappa shape index (κ2) is 14.6. The lowest BCUT2D eigenvalue weighted by atomic mass is 9.58. The van der Waals surface area contributed by atoms with Crippen LogP contribution in [0.4, 0.5) is 0 Å². The van der Waals surface area contributed by atoms with E-state index >= 15 is 0 Å². The van der Waals surface area contributed by atoms with Crippen molar-refractivity contribution in [2.24, 2.45) is 11.8 Å². The number of nitrogens with one attached hydrogen (secondary N) is 1. The molecular weight excluding hydrogens is 480 g/mol. The highest BCUT2D eigenvalue weighted by atomic mass is 16.2. The third kappa shape index (κ3) is 8.01. The van der Waals surface area contributed by atoms with Gasteiger partial charge in [0, 0.05) is 24.2 Å². The SMILES string of the molecule is CC=O.CCN(C)C1(C)CC2CC(C)CC(NCC(=O)N3CCCC3C#N)(C2)C1.N#CC1CCCN1C=O. The molecule has 9 nitrogen and oxygen atoms in total. The van der Waals surface area contributed by atoms with Crippen molar-refractivity contribution in [3.63, 3.8) is 0 Å². The molecule has 0 radical (unpaired) electrons. The monoisotopic (exact) mass is 528 g/mol. The van der Waals surface area contributed by atoms with E-state index in [4.69, 9.17) is 10.1 Å². The number of carbonyl (C=O) groups is 3. The molecule has 4 rings (SSSR count). The minimum atomic E-state index is -0.220. The number of rotatable bonds is 6. The van der Waals surface area contributed by atoms with Gasteiger partial charge in [0.1, 0.15) is 18.4 Å². The molecule has 4 aliphatic rings. The summed E-state index contributed by atoms with van der Waals surface area (Å²) in [5, 5.41) is 21.4. The Bertz CT molecular complexity index is 881. The fraction of sp³-hybridized carbons (Fsp3) is 0.828. The van der Waals surface area contributed by atoms with Crippen LogP contribution in [0.15, 0.2) is 0 Å². The first-order chi connectivity index (χ1) is 18.1. The van der Waals surface area contributed by atoms with E-state index in [2.05, 4.69) is 50.2 Å². The minimum Gasteiger partial charge on any atom is -0.329 e. The Morgan fingerprint density at radius 1 is 1.11 bits per heavy atom. The van der Waals surface area contributed by atoms with Crippen molar-refractivity contribution in [3.05, 3.63) is 0 Å². The number of hydrogen-bond donors (Lipinski definition) is 1. The van der Waals surface area contributed by atoms with Crippen LogP contribution in [0.3, 0.4) is 0 Å². The molecule has 38 heavy (non-hydrogen) atoms. The fourth-order valence-electron chi connectivity index (χ4n) is 7.26. The molecule has 2 saturated heterocycles. The smallest absolute Gasteiger partial charge is 0.237 e. The predicted molar refractivity (Wildman–Crippen MR) is 147 cm³/mol. The van der Waals surface area contributed by atoms with Gasteiger partial charge in [-0.25, -0.2) is 0 Å². The van der Waals surface area contributed by atoms with Gasteiger partial charge in [0.2, 0.25) is 12.3 Å². The van der Waals surface area contributed by atoms with Crippen molar-refractivity contribution in [2.45, 2.75) is 109 Å². The molecule has 2 bridgehead atoms. The molecule has 2 aliphatic carbocycles. The van der Waals surface area contributed by atoms with Crippen molar-refractivity contribution < 1.29 is 14.4 Å². The van der Waals surface area contributed by atoms with Crippen LogP contribution in [0.25, 0.3) is 0 Å². The van der Waals surface area contributed by atoms with Gasteiger partial charge in [-0.2, -0.15) is 10.5 Å². The number of nitrogens with zero attached hydrogens (tertiary/aromatic N) is 5. The number of likely N-dealkylation sites (tertiary alicyclic amines) is 2. The van der Waals surface area contributed by atoms with Crippen LogP contribution in [0, 0.1) is 34.5 Å². The van der Waals surface area contributed by atoms with Gasteiger partial charge in [0.15, 0.2) is 0 Å². The van der Waals surface area contributed by atoms with E-state index in [1.165, 1.54) is 26.2 Å². The Hall–Kier alpha value is -2.49. The summed E-state index contributed by atoms with van der Waals surface area (Å²) < 4.78 is 0. The Balaban J connectivity index is 0.000000351. The molecule has 2 aliphatic heterocycles. The van der Waals surface area contributed by atoms with E-state index in [1.54, 1.807) is 9.80 Å². The highest BCUT2D eigenvalue weighted by Crippen LogP contribution is 2.50. The zero-order valence-electron chi connectivity index (χ0n) is 24.1. The van der Waals surface area contributed by atoms with E-state index in [1.807, 2.05) is 0 Å². The van der Waals surface area contributed by atoms with E-state index in [-0.39, 0.29) is 29.1 Å². The van der Waals surface area contributed by atoms with E-state index in [9.17, 15) is 14.9 Å². The Kier molecular flexibility index (Phi) is 12.2. The Morgan fingerprint density at radius 2 is 1.74 bits per heavy atom. The summed E-state index contributed by atoms with van der Waals surface area (Å²) in [4.78, 5) is 37.5. The summed E-state index contributed by atoms with van der Waals surface area (Å²) in [6, 6.07) is 3.98. The molecule has 0 spiro atoms. The van der Waals surface area contributed by atoms with Crippen LogP contribution < -0.4 is 5.32 Å². The number of amides is 2. The van der Waals surface area contributed by atoms with E-state index in [0.717, 1.165) is 76.8 Å². The van der Waals surface area contributed by atoms with Crippen molar-refractivity contribution in [1.82, 2.24) is 20.0 Å². The maximum Gasteiger partial charge on any atom is 0.237 e. The van der Waals surface area contributed by atoms with Crippen molar-refractivity contribution in [2.75, 3.05) is 33.2 Å². The first-order valence-corrected chi connectivity index (χ1v) is 14.3. The van der Waals surface area contributed by atoms with Crippen molar-refractivity contribution in [3.8, 4) is 12.1 Å². The Labute approximate surface area is 229 Å². The van der Waals surface area contributed by atoms with Crippen LogP contribution in [0.1, 0.15) is 85.5 Å². The van der Waals surface area contributed by atoms with Gasteiger partial charge in [0.05, 0.1) is 18.7 Å².